The van der Waals surface area contributed by atoms with Crippen molar-refractivity contribution in [1.29, 1.82) is 0 Å². The molecular formula is C14H30O4S. The Kier molecular flexibility index (Phi) is 10.6. The number of rotatable bonds is 12. The van der Waals surface area contributed by atoms with Crippen LogP contribution in [0.25, 0.3) is 0 Å². The van der Waals surface area contributed by atoms with Gasteiger partial charge in [0.2, 0.25) is 0 Å². The summed E-state index contributed by atoms with van der Waals surface area (Å²) >= 11 is 0. The van der Waals surface area contributed by atoms with Crippen molar-refractivity contribution in [2.24, 2.45) is 0 Å². The average Bonchev–Trinajstić information content (AvgIpc) is 2.31. The van der Waals surface area contributed by atoms with Crippen molar-refractivity contribution in [1.82, 2.24) is 0 Å². The Morgan fingerprint density at radius 2 is 1.37 bits per heavy atom. The molecule has 0 spiro atoms. The molecule has 0 bridgehead atoms. The van der Waals surface area contributed by atoms with E-state index in [1.165, 1.54) is 25.7 Å². The fraction of sp³-hybridized carbons (Fsp3) is 1.00. The second-order valence-electron chi connectivity index (χ2n) is 5.32. The highest BCUT2D eigenvalue weighted by Gasteiger charge is 2.29. The number of hydrogen-bond donors (Lipinski definition) is 2. The predicted octanol–water partition coefficient (Wildman–Crippen LogP) is 3.54. The van der Waals surface area contributed by atoms with Crippen LogP contribution in [0.5, 0.6) is 0 Å². The van der Waals surface area contributed by atoms with Gasteiger partial charge in [0, 0.05) is 0 Å². The summed E-state index contributed by atoms with van der Waals surface area (Å²) in [6, 6.07) is 0. The van der Waals surface area contributed by atoms with Crippen molar-refractivity contribution in [2.45, 2.75) is 89.4 Å². The summed E-state index contributed by atoms with van der Waals surface area (Å²) in [5.74, 6) is 0. The lowest BCUT2D eigenvalue weighted by molar-refractivity contribution is 0.149. The van der Waals surface area contributed by atoms with Crippen LogP contribution in [0.2, 0.25) is 0 Å². The maximum atomic E-state index is 11.2. The second-order valence-corrected chi connectivity index (χ2v) is 6.95. The van der Waals surface area contributed by atoms with Gasteiger partial charge in [-0.15, -0.1) is 0 Å². The van der Waals surface area contributed by atoms with Crippen molar-refractivity contribution in [3.05, 3.63) is 0 Å². The first-order valence-corrected chi connectivity index (χ1v) is 9.08. The summed E-state index contributed by atoms with van der Waals surface area (Å²) in [6.45, 7) is 4.06. The fourth-order valence-electron chi connectivity index (χ4n) is 2.32. The molecule has 2 atom stereocenters. The largest absolute Gasteiger partial charge is 0.392 e. The van der Waals surface area contributed by atoms with Gasteiger partial charge in [0.25, 0.3) is 10.1 Å². The Morgan fingerprint density at radius 1 is 0.842 bits per heavy atom. The number of aliphatic hydroxyl groups is 1. The van der Waals surface area contributed by atoms with Gasteiger partial charge < -0.3 is 5.11 Å². The monoisotopic (exact) mass is 294 g/mol. The van der Waals surface area contributed by atoms with Crippen molar-refractivity contribution in [3.63, 3.8) is 0 Å². The van der Waals surface area contributed by atoms with Crippen molar-refractivity contribution in [2.75, 3.05) is 0 Å². The predicted molar refractivity (Wildman–Crippen MR) is 78.9 cm³/mol. The summed E-state index contributed by atoms with van der Waals surface area (Å²) in [5.41, 5.74) is 0. The summed E-state index contributed by atoms with van der Waals surface area (Å²) in [4.78, 5) is 0. The number of aliphatic hydroxyl groups excluding tert-OH is 1. The van der Waals surface area contributed by atoms with Crippen LogP contribution in [0.15, 0.2) is 0 Å². The number of hydrogen-bond acceptors (Lipinski definition) is 3. The van der Waals surface area contributed by atoms with Crippen LogP contribution in [0.3, 0.4) is 0 Å². The molecule has 0 radical (unpaired) electrons. The van der Waals surface area contributed by atoms with Gasteiger partial charge in [-0.05, 0) is 12.8 Å². The van der Waals surface area contributed by atoms with E-state index >= 15 is 0 Å². The van der Waals surface area contributed by atoms with Gasteiger partial charge in [-0.2, -0.15) is 8.42 Å². The van der Waals surface area contributed by atoms with E-state index < -0.39 is 21.5 Å². The van der Waals surface area contributed by atoms with E-state index in [-0.39, 0.29) is 0 Å². The van der Waals surface area contributed by atoms with E-state index in [1.807, 2.05) is 6.92 Å². The van der Waals surface area contributed by atoms with Gasteiger partial charge in [-0.1, -0.05) is 65.2 Å². The molecule has 0 amide bonds. The normalized spacial score (nSPS) is 15.4. The molecule has 0 aromatic rings. The standard InChI is InChI=1S/C14H30O4S/c1-3-5-6-7-8-9-10-12-14(19(16,17)18)13(15)11-4-2/h13-15H,3-12H2,1-2H3,(H,16,17,18). The molecule has 0 aliphatic carbocycles. The molecule has 2 unspecified atom stereocenters. The topological polar surface area (TPSA) is 74.6 Å². The Hall–Kier alpha value is -0.130. The average molecular weight is 294 g/mol. The minimum atomic E-state index is -4.14. The summed E-state index contributed by atoms with van der Waals surface area (Å²) < 4.78 is 31.7. The van der Waals surface area contributed by atoms with Gasteiger partial charge in [-0.3, -0.25) is 4.55 Å². The highest BCUT2D eigenvalue weighted by molar-refractivity contribution is 7.86. The van der Waals surface area contributed by atoms with Gasteiger partial charge in [0.05, 0.1) is 6.10 Å². The lowest BCUT2D eigenvalue weighted by Crippen LogP contribution is -2.33. The zero-order valence-corrected chi connectivity index (χ0v) is 13.2. The molecule has 0 rings (SSSR count). The lowest BCUT2D eigenvalue weighted by Gasteiger charge is -2.19. The van der Waals surface area contributed by atoms with Gasteiger partial charge >= 0.3 is 0 Å². The van der Waals surface area contributed by atoms with Crippen LogP contribution in [0.1, 0.15) is 78.1 Å². The molecule has 5 heteroatoms. The molecule has 0 fully saturated rings. The first kappa shape index (κ1) is 18.9. The summed E-state index contributed by atoms with van der Waals surface area (Å²) in [5, 5.41) is 8.77. The Bertz CT molecular complexity index is 301. The molecule has 0 aromatic heterocycles. The minimum Gasteiger partial charge on any atom is -0.392 e. The van der Waals surface area contributed by atoms with E-state index in [0.29, 0.717) is 19.3 Å². The van der Waals surface area contributed by atoms with E-state index in [2.05, 4.69) is 6.92 Å². The minimum absolute atomic E-state index is 0.355. The third-order valence-corrected chi connectivity index (χ3v) is 4.80. The Balaban J connectivity index is 3.95. The third kappa shape index (κ3) is 9.41. The maximum absolute atomic E-state index is 11.2. The Labute approximate surface area is 118 Å². The molecule has 19 heavy (non-hydrogen) atoms. The molecule has 0 aliphatic heterocycles. The summed E-state index contributed by atoms with van der Waals surface area (Å²) in [7, 11) is -4.14. The third-order valence-electron chi connectivity index (χ3n) is 3.49. The molecule has 0 saturated heterocycles. The van der Waals surface area contributed by atoms with Crippen LogP contribution in [-0.2, 0) is 10.1 Å². The molecule has 116 valence electrons. The van der Waals surface area contributed by atoms with E-state index in [0.717, 1.165) is 19.3 Å². The highest BCUT2D eigenvalue weighted by atomic mass is 32.2. The molecule has 0 aliphatic rings. The molecule has 0 heterocycles. The highest BCUT2D eigenvalue weighted by Crippen LogP contribution is 2.18. The lowest BCUT2D eigenvalue weighted by atomic mass is 10.0. The van der Waals surface area contributed by atoms with E-state index in [1.54, 1.807) is 0 Å². The van der Waals surface area contributed by atoms with E-state index in [4.69, 9.17) is 4.55 Å². The van der Waals surface area contributed by atoms with Crippen LogP contribution in [0, 0.1) is 0 Å². The second kappa shape index (κ2) is 10.6. The van der Waals surface area contributed by atoms with Gasteiger partial charge in [-0.25, -0.2) is 0 Å². The first-order chi connectivity index (χ1) is 8.93. The fourth-order valence-corrected chi connectivity index (χ4v) is 3.32. The molecule has 0 aromatic carbocycles. The van der Waals surface area contributed by atoms with E-state index in [9.17, 15) is 13.5 Å². The summed E-state index contributed by atoms with van der Waals surface area (Å²) in [6.07, 6.45) is 8.24. The van der Waals surface area contributed by atoms with Crippen LogP contribution in [-0.4, -0.2) is 29.4 Å². The number of unbranched alkanes of at least 4 members (excludes halogenated alkanes) is 6. The molecule has 2 N–H and O–H groups in total. The molecule has 4 nitrogen and oxygen atoms in total. The van der Waals surface area contributed by atoms with Crippen molar-refractivity contribution >= 4 is 10.1 Å². The zero-order chi connectivity index (χ0) is 14.7. The quantitative estimate of drug-likeness (QED) is 0.426. The maximum Gasteiger partial charge on any atom is 0.270 e. The van der Waals surface area contributed by atoms with Gasteiger partial charge in [0.15, 0.2) is 0 Å². The van der Waals surface area contributed by atoms with Crippen LogP contribution < -0.4 is 0 Å². The zero-order valence-electron chi connectivity index (χ0n) is 12.3. The molecule has 0 saturated carbocycles. The van der Waals surface area contributed by atoms with Crippen molar-refractivity contribution in [3.8, 4) is 0 Å². The Morgan fingerprint density at radius 3 is 1.84 bits per heavy atom. The SMILES string of the molecule is CCCCCCCCCC(C(O)CCC)S(=O)(=O)O. The smallest absolute Gasteiger partial charge is 0.270 e. The van der Waals surface area contributed by atoms with Crippen molar-refractivity contribution < 1.29 is 18.1 Å². The van der Waals surface area contributed by atoms with Crippen LogP contribution >= 0.6 is 0 Å². The van der Waals surface area contributed by atoms with Gasteiger partial charge in [0.1, 0.15) is 5.25 Å². The van der Waals surface area contributed by atoms with Crippen LogP contribution in [0.4, 0.5) is 0 Å². The first-order valence-electron chi connectivity index (χ1n) is 7.57. The molecular weight excluding hydrogens is 264 g/mol.